The molecule has 0 aliphatic rings. The van der Waals surface area contributed by atoms with E-state index in [0.717, 1.165) is 11.3 Å². The molecule has 3 aromatic rings. The number of carbonyl (C=O) groups excluding carboxylic acids is 1. The summed E-state index contributed by atoms with van der Waals surface area (Å²) in [4.78, 5) is 31.1. The average molecular weight is 339 g/mol. The Labute approximate surface area is 143 Å². The van der Waals surface area contributed by atoms with Gasteiger partial charge in [0.2, 0.25) is 0 Å². The van der Waals surface area contributed by atoms with Crippen molar-refractivity contribution >= 4 is 16.8 Å². The maximum absolute atomic E-state index is 12.3. The summed E-state index contributed by atoms with van der Waals surface area (Å²) < 4.78 is 10.2. The van der Waals surface area contributed by atoms with Crippen molar-refractivity contribution < 1.29 is 14.3 Å². The van der Waals surface area contributed by atoms with Gasteiger partial charge in [0, 0.05) is 6.54 Å². The zero-order valence-electron chi connectivity index (χ0n) is 13.8. The topological polar surface area (TPSA) is 93.3 Å². The molecule has 0 aliphatic carbocycles. The standard InChI is InChI=1S/C18H17N3O4/c1-24-12-5-3-11(4-6-12)10-19-18(23)16-20-15-8-7-13(25-2)9-14(15)17(22)21-16/h3-9H,10H2,1-2H3,(H,19,23)(H,20,21,22). The number of ether oxygens (including phenoxy) is 2. The van der Waals surface area contributed by atoms with Crippen molar-refractivity contribution in [3.63, 3.8) is 0 Å². The zero-order valence-corrected chi connectivity index (χ0v) is 13.8. The molecule has 0 unspecified atom stereocenters. The minimum atomic E-state index is -0.453. The Balaban J connectivity index is 1.78. The van der Waals surface area contributed by atoms with Crippen LogP contribution in [-0.4, -0.2) is 30.1 Å². The van der Waals surface area contributed by atoms with Crippen LogP contribution in [0.15, 0.2) is 47.3 Å². The zero-order chi connectivity index (χ0) is 17.8. The number of nitrogens with zero attached hydrogens (tertiary/aromatic N) is 1. The number of hydrogen-bond acceptors (Lipinski definition) is 5. The van der Waals surface area contributed by atoms with Crippen LogP contribution in [0, 0.1) is 0 Å². The number of aromatic nitrogens is 2. The molecule has 128 valence electrons. The number of carbonyl (C=O) groups is 1. The number of hydrogen-bond donors (Lipinski definition) is 2. The van der Waals surface area contributed by atoms with Gasteiger partial charge in [0.05, 0.1) is 25.1 Å². The molecular formula is C18H17N3O4. The van der Waals surface area contributed by atoms with E-state index in [1.165, 1.54) is 7.11 Å². The summed E-state index contributed by atoms with van der Waals surface area (Å²) in [6.07, 6.45) is 0. The van der Waals surface area contributed by atoms with Crippen molar-refractivity contribution in [1.29, 1.82) is 0 Å². The molecule has 7 nitrogen and oxygen atoms in total. The Bertz CT molecular complexity index is 964. The Morgan fingerprint density at radius 2 is 1.76 bits per heavy atom. The molecule has 1 amide bonds. The van der Waals surface area contributed by atoms with Gasteiger partial charge in [-0.05, 0) is 35.9 Å². The van der Waals surface area contributed by atoms with Crippen molar-refractivity contribution in [2.45, 2.75) is 6.54 Å². The Morgan fingerprint density at radius 3 is 2.44 bits per heavy atom. The van der Waals surface area contributed by atoms with Gasteiger partial charge in [-0.25, -0.2) is 4.98 Å². The first kappa shape index (κ1) is 16.5. The Morgan fingerprint density at radius 1 is 1.08 bits per heavy atom. The highest BCUT2D eigenvalue weighted by Gasteiger charge is 2.12. The maximum Gasteiger partial charge on any atom is 0.287 e. The van der Waals surface area contributed by atoms with Crippen molar-refractivity contribution in [1.82, 2.24) is 15.3 Å². The van der Waals surface area contributed by atoms with E-state index in [2.05, 4.69) is 15.3 Å². The summed E-state index contributed by atoms with van der Waals surface area (Å²) >= 11 is 0. The highest BCUT2D eigenvalue weighted by atomic mass is 16.5. The van der Waals surface area contributed by atoms with Gasteiger partial charge in [-0.15, -0.1) is 0 Å². The second-order valence-electron chi connectivity index (χ2n) is 5.33. The van der Waals surface area contributed by atoms with Crippen LogP contribution in [0.1, 0.15) is 16.2 Å². The molecule has 1 aromatic heterocycles. The number of nitrogens with one attached hydrogen (secondary N) is 2. The van der Waals surface area contributed by atoms with Crippen molar-refractivity contribution in [3.8, 4) is 11.5 Å². The number of methoxy groups -OCH3 is 2. The first-order valence-corrected chi connectivity index (χ1v) is 7.60. The SMILES string of the molecule is COc1ccc(CNC(=O)c2nc3ccc(OC)cc3c(=O)[nH]2)cc1. The molecule has 7 heteroatoms. The fourth-order valence-electron chi connectivity index (χ4n) is 2.36. The summed E-state index contributed by atoms with van der Waals surface area (Å²) in [5.41, 5.74) is 0.944. The van der Waals surface area contributed by atoms with Crippen LogP contribution in [0.4, 0.5) is 0 Å². The lowest BCUT2D eigenvalue weighted by Gasteiger charge is -2.07. The summed E-state index contributed by atoms with van der Waals surface area (Å²) in [7, 11) is 3.11. The van der Waals surface area contributed by atoms with Crippen molar-refractivity contribution in [3.05, 3.63) is 64.2 Å². The summed E-state index contributed by atoms with van der Waals surface area (Å²) in [6, 6.07) is 12.2. The third-order valence-corrected chi connectivity index (χ3v) is 3.74. The molecule has 2 N–H and O–H groups in total. The van der Waals surface area contributed by atoms with Crippen LogP contribution >= 0.6 is 0 Å². The van der Waals surface area contributed by atoms with E-state index in [4.69, 9.17) is 9.47 Å². The molecule has 1 heterocycles. The molecule has 0 aliphatic heterocycles. The molecule has 0 atom stereocenters. The molecule has 0 saturated carbocycles. The largest absolute Gasteiger partial charge is 0.497 e. The van der Waals surface area contributed by atoms with E-state index >= 15 is 0 Å². The third-order valence-electron chi connectivity index (χ3n) is 3.74. The monoisotopic (exact) mass is 339 g/mol. The average Bonchev–Trinajstić information content (AvgIpc) is 2.66. The lowest BCUT2D eigenvalue weighted by molar-refractivity contribution is 0.0940. The number of H-pyrrole nitrogens is 1. The highest BCUT2D eigenvalue weighted by Crippen LogP contribution is 2.16. The molecule has 3 rings (SSSR count). The second kappa shape index (κ2) is 7.04. The smallest absolute Gasteiger partial charge is 0.287 e. The van der Waals surface area contributed by atoms with Gasteiger partial charge in [-0.1, -0.05) is 12.1 Å². The minimum Gasteiger partial charge on any atom is -0.497 e. The normalized spacial score (nSPS) is 10.5. The number of aromatic amines is 1. The molecule has 0 saturated heterocycles. The van der Waals surface area contributed by atoms with Gasteiger partial charge in [0.1, 0.15) is 11.5 Å². The van der Waals surface area contributed by atoms with E-state index in [9.17, 15) is 9.59 Å². The van der Waals surface area contributed by atoms with Gasteiger partial charge in [-0.3, -0.25) is 9.59 Å². The lowest BCUT2D eigenvalue weighted by atomic mass is 10.2. The van der Waals surface area contributed by atoms with Crippen molar-refractivity contribution in [2.75, 3.05) is 14.2 Å². The van der Waals surface area contributed by atoms with Gasteiger partial charge in [-0.2, -0.15) is 0 Å². The predicted octanol–water partition coefficient (Wildman–Crippen LogP) is 1.87. The van der Waals surface area contributed by atoms with Crippen LogP contribution in [-0.2, 0) is 6.54 Å². The van der Waals surface area contributed by atoms with Crippen LogP contribution in [0.3, 0.4) is 0 Å². The minimum absolute atomic E-state index is 0.0313. The molecule has 0 bridgehead atoms. The predicted molar refractivity (Wildman–Crippen MR) is 93.1 cm³/mol. The van der Waals surface area contributed by atoms with Gasteiger partial charge in [0.15, 0.2) is 5.82 Å². The molecule has 2 aromatic carbocycles. The van der Waals surface area contributed by atoms with Gasteiger partial charge < -0.3 is 19.8 Å². The van der Waals surface area contributed by atoms with Crippen LogP contribution in [0.25, 0.3) is 10.9 Å². The number of benzene rings is 2. The highest BCUT2D eigenvalue weighted by molar-refractivity contribution is 5.92. The quantitative estimate of drug-likeness (QED) is 0.740. The van der Waals surface area contributed by atoms with Gasteiger partial charge in [0.25, 0.3) is 11.5 Å². The van der Waals surface area contributed by atoms with Crippen molar-refractivity contribution in [2.24, 2.45) is 0 Å². The summed E-state index contributed by atoms with van der Waals surface area (Å²) in [6.45, 7) is 0.313. The van der Waals surface area contributed by atoms with E-state index in [1.807, 2.05) is 24.3 Å². The van der Waals surface area contributed by atoms with Crippen LogP contribution < -0.4 is 20.3 Å². The molecule has 0 spiro atoms. The first-order valence-electron chi connectivity index (χ1n) is 7.60. The number of fused-ring (bicyclic) bond motifs is 1. The third kappa shape index (κ3) is 3.60. The fourth-order valence-corrected chi connectivity index (χ4v) is 2.36. The van der Waals surface area contributed by atoms with E-state index < -0.39 is 11.5 Å². The van der Waals surface area contributed by atoms with E-state index in [1.54, 1.807) is 25.3 Å². The molecule has 0 fully saturated rings. The molecule has 0 radical (unpaired) electrons. The summed E-state index contributed by atoms with van der Waals surface area (Å²) in [5, 5.41) is 3.10. The van der Waals surface area contributed by atoms with Crippen LogP contribution in [0.2, 0.25) is 0 Å². The fraction of sp³-hybridized carbons (Fsp3) is 0.167. The summed E-state index contributed by atoms with van der Waals surface area (Å²) in [5.74, 6) is 0.810. The Kier molecular flexibility index (Phi) is 4.65. The molecular weight excluding hydrogens is 322 g/mol. The second-order valence-corrected chi connectivity index (χ2v) is 5.33. The van der Waals surface area contributed by atoms with Crippen LogP contribution in [0.5, 0.6) is 11.5 Å². The van der Waals surface area contributed by atoms with Gasteiger partial charge >= 0.3 is 0 Å². The van der Waals surface area contributed by atoms with E-state index in [0.29, 0.717) is 23.2 Å². The number of rotatable bonds is 5. The molecule has 25 heavy (non-hydrogen) atoms. The lowest BCUT2D eigenvalue weighted by Crippen LogP contribution is -2.27. The maximum atomic E-state index is 12.3. The first-order chi connectivity index (χ1) is 12.1. The number of amides is 1. The van der Waals surface area contributed by atoms with E-state index in [-0.39, 0.29) is 5.82 Å². The Hall–Kier alpha value is -3.35.